The Morgan fingerprint density at radius 3 is 2.59 bits per heavy atom. The number of ether oxygens (including phenoxy) is 1. The topological polar surface area (TPSA) is 67.8 Å². The van der Waals surface area contributed by atoms with Crippen molar-refractivity contribution in [3.05, 3.63) is 77.9 Å². The second kappa shape index (κ2) is 6.18. The van der Waals surface area contributed by atoms with E-state index in [4.69, 9.17) is 15.7 Å². The van der Waals surface area contributed by atoms with Crippen molar-refractivity contribution in [1.82, 2.24) is 0 Å². The van der Waals surface area contributed by atoms with Crippen LogP contribution in [0, 0.1) is 0 Å². The van der Waals surface area contributed by atoms with E-state index in [1.54, 1.807) is 6.07 Å². The molecule has 22 heavy (non-hydrogen) atoms. The van der Waals surface area contributed by atoms with Crippen molar-refractivity contribution in [2.24, 2.45) is 10.9 Å². The van der Waals surface area contributed by atoms with Gasteiger partial charge in [0.25, 0.3) is 0 Å². The van der Waals surface area contributed by atoms with E-state index in [0.29, 0.717) is 12.2 Å². The van der Waals surface area contributed by atoms with Crippen molar-refractivity contribution < 1.29 is 9.94 Å². The number of amidine groups is 1. The van der Waals surface area contributed by atoms with Gasteiger partial charge in [-0.05, 0) is 34.5 Å². The summed E-state index contributed by atoms with van der Waals surface area (Å²) in [4.78, 5) is 0. The molecular weight excluding hydrogens is 276 g/mol. The standard InChI is InChI=1S/C18H16N2O2/c19-18(20-21)16-7-3-4-13(10-16)12-22-17-9-8-14-5-1-2-6-15(14)11-17/h1-11,21H,12H2,(H2,19,20). The second-order valence-electron chi connectivity index (χ2n) is 4.98. The highest BCUT2D eigenvalue weighted by Crippen LogP contribution is 2.21. The molecule has 3 rings (SSSR count). The molecule has 0 spiro atoms. The maximum absolute atomic E-state index is 8.72. The SMILES string of the molecule is N/C(=N\O)c1cccc(COc2ccc3ccccc3c2)c1. The van der Waals surface area contributed by atoms with Crippen LogP contribution in [-0.2, 0) is 6.61 Å². The van der Waals surface area contributed by atoms with E-state index in [2.05, 4.69) is 17.3 Å². The number of hydrogen-bond donors (Lipinski definition) is 2. The third kappa shape index (κ3) is 3.01. The summed E-state index contributed by atoms with van der Waals surface area (Å²) in [5.41, 5.74) is 7.22. The number of benzene rings is 3. The van der Waals surface area contributed by atoms with Gasteiger partial charge < -0.3 is 15.7 Å². The van der Waals surface area contributed by atoms with Gasteiger partial charge in [-0.25, -0.2) is 0 Å². The predicted octanol–water partition coefficient (Wildman–Crippen LogP) is 3.51. The van der Waals surface area contributed by atoms with Crippen molar-refractivity contribution in [2.45, 2.75) is 6.61 Å². The molecule has 0 aliphatic heterocycles. The molecule has 0 atom stereocenters. The van der Waals surface area contributed by atoms with Crippen LogP contribution in [0.4, 0.5) is 0 Å². The monoisotopic (exact) mass is 292 g/mol. The van der Waals surface area contributed by atoms with Crippen molar-refractivity contribution in [2.75, 3.05) is 0 Å². The maximum atomic E-state index is 8.72. The average molecular weight is 292 g/mol. The van der Waals surface area contributed by atoms with Crippen LogP contribution < -0.4 is 10.5 Å². The quantitative estimate of drug-likeness (QED) is 0.334. The summed E-state index contributed by atoms with van der Waals surface area (Å²) >= 11 is 0. The highest BCUT2D eigenvalue weighted by atomic mass is 16.5. The Morgan fingerprint density at radius 2 is 1.77 bits per heavy atom. The van der Waals surface area contributed by atoms with E-state index >= 15 is 0 Å². The summed E-state index contributed by atoms with van der Waals surface area (Å²) in [6, 6.07) is 21.6. The Labute approximate surface area is 128 Å². The summed E-state index contributed by atoms with van der Waals surface area (Å²) in [5.74, 6) is 0.903. The largest absolute Gasteiger partial charge is 0.489 e. The van der Waals surface area contributed by atoms with Crippen LogP contribution in [0.15, 0.2) is 71.9 Å². The minimum atomic E-state index is 0.0903. The molecule has 0 fully saturated rings. The maximum Gasteiger partial charge on any atom is 0.170 e. The smallest absolute Gasteiger partial charge is 0.170 e. The van der Waals surface area contributed by atoms with Gasteiger partial charge in [0.1, 0.15) is 12.4 Å². The lowest BCUT2D eigenvalue weighted by molar-refractivity contribution is 0.306. The minimum absolute atomic E-state index is 0.0903. The Bertz CT molecular complexity index is 828. The van der Waals surface area contributed by atoms with E-state index in [1.807, 2.05) is 48.5 Å². The number of hydrogen-bond acceptors (Lipinski definition) is 3. The Morgan fingerprint density at radius 1 is 0.955 bits per heavy atom. The van der Waals surface area contributed by atoms with E-state index < -0.39 is 0 Å². The number of fused-ring (bicyclic) bond motifs is 1. The summed E-state index contributed by atoms with van der Waals surface area (Å²) in [6.45, 7) is 0.422. The number of nitrogens with two attached hydrogens (primary N) is 1. The molecule has 110 valence electrons. The summed E-state index contributed by atoms with van der Waals surface area (Å²) in [7, 11) is 0. The first kappa shape index (κ1) is 13.9. The molecule has 3 N–H and O–H groups in total. The van der Waals surface area contributed by atoms with Crippen LogP contribution in [0.2, 0.25) is 0 Å². The summed E-state index contributed by atoms with van der Waals surface area (Å²) < 4.78 is 5.83. The molecule has 0 aliphatic carbocycles. The van der Waals surface area contributed by atoms with E-state index in [-0.39, 0.29) is 5.84 Å². The molecular formula is C18H16N2O2. The molecule has 0 saturated carbocycles. The number of nitrogens with zero attached hydrogens (tertiary/aromatic N) is 1. The fourth-order valence-corrected chi connectivity index (χ4v) is 2.30. The van der Waals surface area contributed by atoms with Gasteiger partial charge >= 0.3 is 0 Å². The average Bonchev–Trinajstić information content (AvgIpc) is 2.59. The van der Waals surface area contributed by atoms with Crippen LogP contribution in [0.5, 0.6) is 5.75 Å². The van der Waals surface area contributed by atoms with Gasteiger partial charge in [-0.2, -0.15) is 0 Å². The van der Waals surface area contributed by atoms with Crippen LogP contribution >= 0.6 is 0 Å². The highest BCUT2D eigenvalue weighted by molar-refractivity contribution is 5.97. The van der Waals surface area contributed by atoms with E-state index in [9.17, 15) is 0 Å². The van der Waals surface area contributed by atoms with Crippen LogP contribution in [-0.4, -0.2) is 11.0 Å². The fourth-order valence-electron chi connectivity index (χ4n) is 2.30. The Hall–Kier alpha value is -3.01. The first-order valence-corrected chi connectivity index (χ1v) is 6.95. The van der Waals surface area contributed by atoms with E-state index in [1.165, 1.54) is 5.39 Å². The Balaban J connectivity index is 1.76. The lowest BCUT2D eigenvalue weighted by Crippen LogP contribution is -2.13. The fraction of sp³-hybridized carbons (Fsp3) is 0.0556. The first-order valence-electron chi connectivity index (χ1n) is 6.95. The lowest BCUT2D eigenvalue weighted by Gasteiger charge is -2.08. The third-order valence-corrected chi connectivity index (χ3v) is 3.46. The zero-order valence-electron chi connectivity index (χ0n) is 11.9. The van der Waals surface area contributed by atoms with Crippen molar-refractivity contribution in [1.29, 1.82) is 0 Å². The van der Waals surface area contributed by atoms with Gasteiger partial charge in [-0.15, -0.1) is 0 Å². The van der Waals surface area contributed by atoms with Crippen LogP contribution in [0.1, 0.15) is 11.1 Å². The molecule has 0 heterocycles. The molecule has 0 radical (unpaired) electrons. The van der Waals surface area contributed by atoms with Crippen molar-refractivity contribution in [3.63, 3.8) is 0 Å². The molecule has 0 aliphatic rings. The number of rotatable bonds is 4. The van der Waals surface area contributed by atoms with Gasteiger partial charge in [-0.3, -0.25) is 0 Å². The molecule has 0 unspecified atom stereocenters. The zero-order valence-corrected chi connectivity index (χ0v) is 11.9. The zero-order chi connectivity index (χ0) is 15.4. The van der Waals surface area contributed by atoms with Crippen molar-refractivity contribution >= 4 is 16.6 Å². The molecule has 4 nitrogen and oxygen atoms in total. The van der Waals surface area contributed by atoms with Gasteiger partial charge in [0.15, 0.2) is 5.84 Å². The molecule has 0 aromatic heterocycles. The van der Waals surface area contributed by atoms with Crippen molar-refractivity contribution in [3.8, 4) is 5.75 Å². The summed E-state index contributed by atoms with van der Waals surface area (Å²) in [5, 5.41) is 14.1. The second-order valence-corrected chi connectivity index (χ2v) is 4.98. The molecule has 3 aromatic rings. The Kier molecular flexibility index (Phi) is 3.92. The first-order chi connectivity index (χ1) is 10.8. The van der Waals surface area contributed by atoms with E-state index in [0.717, 1.165) is 16.7 Å². The van der Waals surface area contributed by atoms with Gasteiger partial charge in [0, 0.05) is 5.56 Å². The molecule has 0 saturated heterocycles. The predicted molar refractivity (Wildman–Crippen MR) is 87.2 cm³/mol. The van der Waals surface area contributed by atoms with Crippen LogP contribution in [0.3, 0.4) is 0 Å². The molecule has 0 amide bonds. The molecule has 3 aromatic carbocycles. The normalized spacial score (nSPS) is 11.5. The summed E-state index contributed by atoms with van der Waals surface area (Å²) in [6.07, 6.45) is 0. The highest BCUT2D eigenvalue weighted by Gasteiger charge is 2.02. The molecule has 0 bridgehead atoms. The van der Waals surface area contributed by atoms with Crippen LogP contribution in [0.25, 0.3) is 10.8 Å². The molecule has 4 heteroatoms. The van der Waals surface area contributed by atoms with Gasteiger partial charge in [0.05, 0.1) is 0 Å². The lowest BCUT2D eigenvalue weighted by atomic mass is 10.1. The third-order valence-electron chi connectivity index (χ3n) is 3.46. The number of oxime groups is 1. The van der Waals surface area contributed by atoms with Gasteiger partial charge in [0.2, 0.25) is 0 Å². The van der Waals surface area contributed by atoms with Gasteiger partial charge in [-0.1, -0.05) is 53.7 Å². The minimum Gasteiger partial charge on any atom is -0.489 e.